The molecule has 1 amide bonds. The number of hydrogen-bond acceptors (Lipinski definition) is 4. The van der Waals surface area contributed by atoms with E-state index in [0.29, 0.717) is 10.7 Å². The third kappa shape index (κ3) is 4.37. The predicted molar refractivity (Wildman–Crippen MR) is 99.3 cm³/mol. The third-order valence-corrected chi connectivity index (χ3v) is 3.91. The lowest BCUT2D eigenvalue weighted by molar-refractivity contribution is 0.0827. The van der Waals surface area contributed by atoms with E-state index in [1.165, 1.54) is 11.8 Å². The molecular weight excluding hydrogens is 320 g/mol. The van der Waals surface area contributed by atoms with Crippen LogP contribution in [0, 0.1) is 11.5 Å². The Labute approximate surface area is 146 Å². The maximum atomic E-state index is 11.9. The van der Waals surface area contributed by atoms with Crippen LogP contribution >= 0.6 is 11.8 Å². The summed E-state index contributed by atoms with van der Waals surface area (Å²) in [6.45, 7) is 0. The van der Waals surface area contributed by atoms with Gasteiger partial charge >= 0.3 is 0 Å². The number of hydrogen-bond donors (Lipinski definition) is 1. The van der Waals surface area contributed by atoms with Crippen LogP contribution in [0.15, 0.2) is 53.5 Å². The molecule has 24 heavy (non-hydrogen) atoms. The Hall–Kier alpha value is -2.78. The van der Waals surface area contributed by atoms with Crippen LogP contribution in [0.4, 0.5) is 5.69 Å². The molecule has 2 aromatic carbocycles. The molecule has 6 heteroatoms. The minimum Gasteiger partial charge on any atom is -0.345 e. The van der Waals surface area contributed by atoms with Crippen LogP contribution in [0.1, 0.15) is 10.4 Å². The number of amidine groups is 1. The van der Waals surface area contributed by atoms with E-state index in [0.717, 1.165) is 16.8 Å². The number of carbonyl (C=O) groups is 1. The number of thioether (sulfide) groups is 1. The largest absolute Gasteiger partial charge is 0.345 e. The number of rotatable bonds is 3. The van der Waals surface area contributed by atoms with Crippen LogP contribution in [-0.4, -0.2) is 36.3 Å². The van der Waals surface area contributed by atoms with E-state index in [2.05, 4.69) is 10.3 Å². The van der Waals surface area contributed by atoms with Crippen LogP contribution in [0.25, 0.3) is 11.1 Å². The molecule has 0 heterocycles. The highest BCUT2D eigenvalue weighted by Crippen LogP contribution is 2.23. The van der Waals surface area contributed by atoms with Crippen LogP contribution in [0.5, 0.6) is 0 Å². The van der Waals surface area contributed by atoms with Gasteiger partial charge in [-0.3, -0.25) is 10.1 Å². The lowest BCUT2D eigenvalue weighted by atomic mass is 10.0. The van der Waals surface area contributed by atoms with E-state index in [1.54, 1.807) is 19.0 Å². The van der Waals surface area contributed by atoms with E-state index >= 15 is 0 Å². The van der Waals surface area contributed by atoms with Gasteiger partial charge in [0.25, 0.3) is 5.91 Å². The van der Waals surface area contributed by atoms with Crippen molar-refractivity contribution in [1.29, 1.82) is 5.26 Å². The highest BCUT2D eigenvalue weighted by atomic mass is 32.2. The highest BCUT2D eigenvalue weighted by Gasteiger charge is 2.07. The summed E-state index contributed by atoms with van der Waals surface area (Å²) in [4.78, 5) is 17.8. The molecule has 0 aliphatic carbocycles. The van der Waals surface area contributed by atoms with Crippen molar-refractivity contribution in [2.24, 2.45) is 4.99 Å². The summed E-state index contributed by atoms with van der Waals surface area (Å²) in [5.74, 6) is -0.0131. The fourth-order valence-corrected chi connectivity index (χ4v) is 2.43. The number of nitriles is 1. The Kier molecular flexibility index (Phi) is 5.99. The molecule has 0 spiro atoms. The van der Waals surface area contributed by atoms with Crippen molar-refractivity contribution in [3.8, 4) is 17.3 Å². The normalized spacial score (nSPS) is 10.8. The predicted octanol–water partition coefficient (Wildman–Crippen LogP) is 3.48. The van der Waals surface area contributed by atoms with Crippen molar-refractivity contribution < 1.29 is 4.79 Å². The molecule has 2 aromatic rings. The summed E-state index contributed by atoms with van der Waals surface area (Å²) in [5.41, 5.74) is 3.50. The molecule has 0 aromatic heterocycles. The standard InChI is InChI=1S/C18H18N4OS/c1-22(2)17(23)15-6-4-13(5-7-15)14-8-10-16(11-9-14)21-18(24-3)20-12-19/h4-11H,1-3H3,(H,20,21). The summed E-state index contributed by atoms with van der Waals surface area (Å²) in [5, 5.41) is 11.7. The highest BCUT2D eigenvalue weighted by molar-refractivity contribution is 8.13. The average molecular weight is 338 g/mol. The van der Waals surface area contributed by atoms with Gasteiger partial charge in [0.2, 0.25) is 0 Å². The lowest BCUT2D eigenvalue weighted by Gasteiger charge is -2.10. The molecule has 0 bridgehead atoms. The van der Waals surface area contributed by atoms with E-state index < -0.39 is 0 Å². The smallest absolute Gasteiger partial charge is 0.253 e. The van der Waals surface area contributed by atoms with E-state index in [1.807, 2.05) is 61.0 Å². The Bertz CT molecular complexity index is 774. The van der Waals surface area contributed by atoms with Gasteiger partial charge in [-0.15, -0.1) is 0 Å². The van der Waals surface area contributed by atoms with Gasteiger partial charge in [0.1, 0.15) is 0 Å². The quantitative estimate of drug-likeness (QED) is 0.403. The second-order valence-corrected chi connectivity index (χ2v) is 5.98. The zero-order chi connectivity index (χ0) is 17.5. The second-order valence-electron chi connectivity index (χ2n) is 5.18. The van der Waals surface area contributed by atoms with Gasteiger partial charge in [0.05, 0.1) is 5.69 Å². The van der Waals surface area contributed by atoms with E-state index in [-0.39, 0.29) is 5.91 Å². The van der Waals surface area contributed by atoms with Crippen molar-refractivity contribution >= 4 is 28.5 Å². The SMILES string of the molecule is CSC(=Nc1ccc(-c2ccc(C(=O)N(C)C)cc2)cc1)NC#N. The first kappa shape index (κ1) is 17.6. The summed E-state index contributed by atoms with van der Waals surface area (Å²) in [6, 6.07) is 15.2. The zero-order valence-corrected chi connectivity index (χ0v) is 14.6. The summed E-state index contributed by atoms with van der Waals surface area (Å²) in [7, 11) is 3.47. The molecule has 0 saturated carbocycles. The first-order valence-corrected chi connectivity index (χ1v) is 8.47. The molecule has 122 valence electrons. The maximum Gasteiger partial charge on any atom is 0.253 e. The lowest BCUT2D eigenvalue weighted by Crippen LogP contribution is -2.21. The number of aliphatic imine (C=N–C) groups is 1. The summed E-state index contributed by atoms with van der Waals surface area (Å²) in [6.07, 6.45) is 3.72. The molecule has 0 aliphatic heterocycles. The fraction of sp³-hybridized carbons (Fsp3) is 0.167. The average Bonchev–Trinajstić information content (AvgIpc) is 2.61. The Morgan fingerprint density at radius 1 is 1.08 bits per heavy atom. The molecule has 5 nitrogen and oxygen atoms in total. The van der Waals surface area contributed by atoms with Crippen LogP contribution in [0.2, 0.25) is 0 Å². The molecule has 1 N–H and O–H groups in total. The monoisotopic (exact) mass is 338 g/mol. The second kappa shape index (κ2) is 8.18. The first-order valence-electron chi connectivity index (χ1n) is 7.25. The van der Waals surface area contributed by atoms with Crippen molar-refractivity contribution in [3.05, 3.63) is 54.1 Å². The number of carbonyl (C=O) groups excluding carboxylic acids is 1. The molecule has 0 unspecified atom stereocenters. The maximum absolute atomic E-state index is 11.9. The van der Waals surface area contributed by atoms with Crippen molar-refractivity contribution in [3.63, 3.8) is 0 Å². The van der Waals surface area contributed by atoms with E-state index in [4.69, 9.17) is 5.26 Å². The van der Waals surface area contributed by atoms with Crippen LogP contribution in [0.3, 0.4) is 0 Å². The van der Waals surface area contributed by atoms with Gasteiger partial charge in [-0.1, -0.05) is 36.0 Å². The van der Waals surface area contributed by atoms with Gasteiger partial charge in [-0.2, -0.15) is 5.26 Å². The molecule has 0 aliphatic rings. The van der Waals surface area contributed by atoms with E-state index in [9.17, 15) is 4.79 Å². The van der Waals surface area contributed by atoms with Gasteiger partial charge in [0, 0.05) is 19.7 Å². The van der Waals surface area contributed by atoms with Crippen molar-refractivity contribution in [2.75, 3.05) is 20.4 Å². The topological polar surface area (TPSA) is 68.5 Å². The Morgan fingerprint density at radius 2 is 1.62 bits per heavy atom. The molecular formula is C18H18N4OS. The molecule has 0 saturated heterocycles. The van der Waals surface area contributed by atoms with Crippen LogP contribution in [-0.2, 0) is 0 Å². The third-order valence-electron chi connectivity index (χ3n) is 3.33. The number of nitrogens with zero attached hydrogens (tertiary/aromatic N) is 3. The summed E-state index contributed by atoms with van der Waals surface area (Å²) >= 11 is 1.38. The molecule has 2 rings (SSSR count). The number of nitrogens with one attached hydrogen (secondary N) is 1. The van der Waals surface area contributed by atoms with Crippen molar-refractivity contribution in [1.82, 2.24) is 10.2 Å². The van der Waals surface area contributed by atoms with Gasteiger partial charge in [-0.25, -0.2) is 4.99 Å². The number of benzene rings is 2. The Morgan fingerprint density at radius 3 is 2.08 bits per heavy atom. The molecule has 0 fully saturated rings. The van der Waals surface area contributed by atoms with Gasteiger partial charge < -0.3 is 4.90 Å². The van der Waals surface area contributed by atoms with Gasteiger partial charge in [0.15, 0.2) is 11.4 Å². The van der Waals surface area contributed by atoms with Gasteiger partial charge in [-0.05, 0) is 41.6 Å². The minimum absolute atomic E-state index is 0.0131. The summed E-state index contributed by atoms with van der Waals surface area (Å²) < 4.78 is 0. The molecule has 0 radical (unpaired) electrons. The Balaban J connectivity index is 2.19. The minimum atomic E-state index is -0.0131. The van der Waals surface area contributed by atoms with Crippen molar-refractivity contribution in [2.45, 2.75) is 0 Å². The molecule has 0 atom stereocenters. The zero-order valence-electron chi connectivity index (χ0n) is 13.8. The fourth-order valence-electron chi connectivity index (χ4n) is 2.08. The first-order chi connectivity index (χ1) is 11.5. The number of amides is 1. The van der Waals surface area contributed by atoms with Crippen LogP contribution < -0.4 is 5.32 Å².